The first-order valence-electron chi connectivity index (χ1n) is 9.71. The fraction of sp³-hybridized carbons (Fsp3) is 0.120. The van der Waals surface area contributed by atoms with Gasteiger partial charge in [-0.05, 0) is 54.6 Å². The predicted molar refractivity (Wildman–Crippen MR) is 121 cm³/mol. The molecule has 1 aliphatic heterocycles. The van der Waals surface area contributed by atoms with Gasteiger partial charge in [0.25, 0.3) is 5.91 Å². The van der Waals surface area contributed by atoms with Crippen LogP contribution in [0.15, 0.2) is 83.5 Å². The second-order valence-corrected chi connectivity index (χ2v) is 6.80. The SMILES string of the molecule is COc1ccc(C2=NN(c3ccccc3)C(=O)C2=Cc2ccc(OC)cc2OC)cc1. The number of methoxy groups -OCH3 is 3. The number of amides is 1. The molecule has 0 saturated carbocycles. The Labute approximate surface area is 181 Å². The van der Waals surface area contributed by atoms with Crippen LogP contribution < -0.4 is 19.2 Å². The molecule has 0 radical (unpaired) electrons. The van der Waals surface area contributed by atoms with E-state index in [-0.39, 0.29) is 5.91 Å². The molecule has 0 unspecified atom stereocenters. The molecule has 0 bridgehead atoms. The molecule has 4 rings (SSSR count). The van der Waals surface area contributed by atoms with E-state index in [4.69, 9.17) is 14.2 Å². The smallest absolute Gasteiger partial charge is 0.281 e. The van der Waals surface area contributed by atoms with E-state index in [2.05, 4.69) is 5.10 Å². The van der Waals surface area contributed by atoms with Crippen molar-refractivity contribution in [1.82, 2.24) is 0 Å². The highest BCUT2D eigenvalue weighted by molar-refractivity contribution is 6.37. The molecule has 0 fully saturated rings. The summed E-state index contributed by atoms with van der Waals surface area (Å²) in [5, 5.41) is 6.08. The summed E-state index contributed by atoms with van der Waals surface area (Å²) in [4.78, 5) is 13.4. The number of carbonyl (C=O) groups excluding carboxylic acids is 1. The summed E-state index contributed by atoms with van der Waals surface area (Å²) < 4.78 is 16.0. The van der Waals surface area contributed by atoms with Crippen LogP contribution in [-0.2, 0) is 4.79 Å². The maximum Gasteiger partial charge on any atom is 0.281 e. The van der Waals surface area contributed by atoms with E-state index in [1.54, 1.807) is 33.5 Å². The molecule has 0 N–H and O–H groups in total. The zero-order chi connectivity index (χ0) is 21.8. The Morgan fingerprint density at radius 3 is 2.13 bits per heavy atom. The van der Waals surface area contributed by atoms with Gasteiger partial charge in [0.2, 0.25) is 0 Å². The highest BCUT2D eigenvalue weighted by Gasteiger charge is 2.32. The first-order chi connectivity index (χ1) is 15.1. The molecule has 0 aliphatic carbocycles. The fourth-order valence-electron chi connectivity index (χ4n) is 3.34. The molecule has 3 aromatic carbocycles. The Kier molecular flexibility index (Phi) is 5.71. The minimum atomic E-state index is -0.213. The van der Waals surface area contributed by atoms with E-state index in [1.807, 2.05) is 66.7 Å². The van der Waals surface area contributed by atoms with Gasteiger partial charge in [-0.25, -0.2) is 0 Å². The Morgan fingerprint density at radius 2 is 1.48 bits per heavy atom. The highest BCUT2D eigenvalue weighted by Crippen LogP contribution is 2.31. The number of hydrogen-bond donors (Lipinski definition) is 0. The molecular formula is C25H22N2O4. The lowest BCUT2D eigenvalue weighted by molar-refractivity contribution is -0.114. The normalized spacial score (nSPS) is 14.5. The van der Waals surface area contributed by atoms with Crippen LogP contribution in [0.4, 0.5) is 5.69 Å². The number of carbonyl (C=O) groups is 1. The number of anilines is 1. The summed E-state index contributed by atoms with van der Waals surface area (Å²) in [6.07, 6.45) is 1.80. The van der Waals surface area contributed by atoms with Gasteiger partial charge in [-0.3, -0.25) is 4.79 Å². The van der Waals surface area contributed by atoms with Gasteiger partial charge in [-0.1, -0.05) is 18.2 Å². The standard InChI is InChI=1S/C25H22N2O4/c1-29-20-12-9-17(10-13-20)24-22(15-18-11-14-21(30-2)16-23(18)31-3)25(28)27(26-24)19-7-5-4-6-8-19/h4-16H,1-3H3. The van der Waals surface area contributed by atoms with Crippen LogP contribution in [0.2, 0.25) is 0 Å². The molecule has 0 saturated heterocycles. The summed E-state index contributed by atoms with van der Waals surface area (Å²) in [7, 11) is 4.80. The number of hydrogen-bond acceptors (Lipinski definition) is 5. The lowest BCUT2D eigenvalue weighted by Gasteiger charge is -2.11. The maximum atomic E-state index is 13.4. The zero-order valence-electron chi connectivity index (χ0n) is 17.5. The molecule has 3 aromatic rings. The first kappa shape index (κ1) is 20.2. The summed E-state index contributed by atoms with van der Waals surface area (Å²) in [6, 6.07) is 22.3. The molecule has 1 heterocycles. The first-order valence-corrected chi connectivity index (χ1v) is 9.71. The highest BCUT2D eigenvalue weighted by atomic mass is 16.5. The van der Waals surface area contributed by atoms with E-state index in [1.165, 1.54) is 5.01 Å². The van der Waals surface area contributed by atoms with Crippen molar-refractivity contribution in [2.24, 2.45) is 5.10 Å². The Bertz CT molecular complexity index is 1150. The van der Waals surface area contributed by atoms with E-state index in [0.29, 0.717) is 28.5 Å². The van der Waals surface area contributed by atoms with Crippen LogP contribution in [0, 0.1) is 0 Å². The van der Waals surface area contributed by atoms with Crippen LogP contribution >= 0.6 is 0 Å². The Morgan fingerprint density at radius 1 is 0.806 bits per heavy atom. The molecule has 31 heavy (non-hydrogen) atoms. The average molecular weight is 414 g/mol. The molecule has 0 atom stereocenters. The summed E-state index contributed by atoms with van der Waals surface area (Å²) in [6.45, 7) is 0. The van der Waals surface area contributed by atoms with Crippen molar-refractivity contribution >= 4 is 23.4 Å². The predicted octanol–water partition coefficient (Wildman–Crippen LogP) is 4.55. The van der Waals surface area contributed by atoms with Gasteiger partial charge >= 0.3 is 0 Å². The van der Waals surface area contributed by atoms with E-state index >= 15 is 0 Å². The quantitative estimate of drug-likeness (QED) is 0.556. The van der Waals surface area contributed by atoms with Crippen molar-refractivity contribution in [3.63, 3.8) is 0 Å². The third-order valence-corrected chi connectivity index (χ3v) is 4.98. The number of rotatable bonds is 6. The number of para-hydroxylation sites is 1. The minimum absolute atomic E-state index is 0.213. The molecule has 6 nitrogen and oxygen atoms in total. The van der Waals surface area contributed by atoms with E-state index < -0.39 is 0 Å². The average Bonchev–Trinajstić information content (AvgIpc) is 3.15. The Hall–Kier alpha value is -4.06. The van der Waals surface area contributed by atoms with E-state index in [0.717, 1.165) is 16.9 Å². The number of benzene rings is 3. The molecule has 1 aliphatic rings. The van der Waals surface area contributed by atoms with Gasteiger partial charge in [0.1, 0.15) is 23.0 Å². The third kappa shape index (κ3) is 4.00. The molecule has 0 aromatic heterocycles. The molecule has 0 spiro atoms. The molecular weight excluding hydrogens is 392 g/mol. The minimum Gasteiger partial charge on any atom is -0.497 e. The fourth-order valence-corrected chi connectivity index (χ4v) is 3.34. The van der Waals surface area contributed by atoms with Crippen molar-refractivity contribution in [3.05, 3.63) is 89.5 Å². The summed E-state index contributed by atoms with van der Waals surface area (Å²) >= 11 is 0. The number of ether oxygens (including phenoxy) is 3. The summed E-state index contributed by atoms with van der Waals surface area (Å²) in [5.41, 5.74) is 3.31. The maximum absolute atomic E-state index is 13.4. The second kappa shape index (κ2) is 8.75. The van der Waals surface area contributed by atoms with Crippen LogP contribution in [0.1, 0.15) is 11.1 Å². The van der Waals surface area contributed by atoms with Crippen LogP contribution in [0.3, 0.4) is 0 Å². The van der Waals surface area contributed by atoms with Crippen molar-refractivity contribution in [2.75, 3.05) is 26.3 Å². The monoisotopic (exact) mass is 414 g/mol. The van der Waals surface area contributed by atoms with Gasteiger partial charge in [0, 0.05) is 17.2 Å². The Balaban J connectivity index is 1.83. The largest absolute Gasteiger partial charge is 0.497 e. The van der Waals surface area contributed by atoms with Gasteiger partial charge in [0.05, 0.1) is 32.6 Å². The topological polar surface area (TPSA) is 60.4 Å². The molecule has 1 amide bonds. The number of hydrazone groups is 1. The van der Waals surface area contributed by atoms with Gasteiger partial charge < -0.3 is 14.2 Å². The van der Waals surface area contributed by atoms with Crippen molar-refractivity contribution in [2.45, 2.75) is 0 Å². The second-order valence-electron chi connectivity index (χ2n) is 6.80. The van der Waals surface area contributed by atoms with Crippen LogP contribution in [0.5, 0.6) is 17.2 Å². The molecule has 156 valence electrons. The van der Waals surface area contributed by atoms with E-state index in [9.17, 15) is 4.79 Å². The van der Waals surface area contributed by atoms with Crippen molar-refractivity contribution < 1.29 is 19.0 Å². The van der Waals surface area contributed by atoms with Crippen molar-refractivity contribution in [1.29, 1.82) is 0 Å². The number of nitrogens with zero attached hydrogens (tertiary/aromatic N) is 2. The van der Waals surface area contributed by atoms with Gasteiger partial charge in [0.15, 0.2) is 0 Å². The third-order valence-electron chi connectivity index (χ3n) is 4.98. The lowest BCUT2D eigenvalue weighted by atomic mass is 9.99. The van der Waals surface area contributed by atoms with Crippen LogP contribution in [-0.4, -0.2) is 32.9 Å². The lowest BCUT2D eigenvalue weighted by Crippen LogP contribution is -2.21. The molecule has 6 heteroatoms. The van der Waals surface area contributed by atoms with Crippen molar-refractivity contribution in [3.8, 4) is 17.2 Å². The summed E-state index contributed by atoms with van der Waals surface area (Å²) in [5.74, 6) is 1.80. The zero-order valence-corrected chi connectivity index (χ0v) is 17.5. The van der Waals surface area contributed by atoms with Gasteiger partial charge in [-0.15, -0.1) is 0 Å². The van der Waals surface area contributed by atoms with Crippen LogP contribution in [0.25, 0.3) is 6.08 Å². The van der Waals surface area contributed by atoms with Gasteiger partial charge in [-0.2, -0.15) is 10.1 Å².